The van der Waals surface area contributed by atoms with Gasteiger partial charge in [-0.05, 0) is 12.8 Å². The number of carbonyl (C=O) groups is 2. The highest BCUT2D eigenvalue weighted by Gasteiger charge is 2.25. The number of nitrogens with one attached hydrogen (secondary N) is 1. The Morgan fingerprint density at radius 3 is 2.18 bits per heavy atom. The Balaban J connectivity index is 2.46. The predicted molar refractivity (Wildman–Crippen MR) is 61.4 cm³/mol. The van der Waals surface area contributed by atoms with E-state index in [-0.39, 0.29) is 11.8 Å². The molecule has 1 amide bonds. The van der Waals surface area contributed by atoms with E-state index in [1.807, 2.05) is 0 Å². The standard InChI is InChI=1S/C12H20FNO3/c13-8-10(12(16)17)14-11(15)9-6-4-2-1-3-5-7-9/h9-10H,1-8H2,(H,14,15)(H,16,17). The lowest BCUT2D eigenvalue weighted by molar-refractivity contribution is -0.143. The minimum atomic E-state index is -1.40. The van der Waals surface area contributed by atoms with E-state index >= 15 is 0 Å². The highest BCUT2D eigenvalue weighted by atomic mass is 19.1. The molecule has 0 spiro atoms. The molecule has 1 atom stereocenters. The first-order valence-electron chi connectivity index (χ1n) is 6.24. The molecule has 1 fully saturated rings. The molecule has 0 aliphatic heterocycles. The van der Waals surface area contributed by atoms with Crippen molar-refractivity contribution < 1.29 is 19.1 Å². The number of alkyl halides is 1. The third-order valence-corrected chi connectivity index (χ3v) is 3.24. The van der Waals surface area contributed by atoms with Gasteiger partial charge >= 0.3 is 5.97 Å². The summed E-state index contributed by atoms with van der Waals surface area (Å²) in [5.41, 5.74) is 0. The average molecular weight is 245 g/mol. The first kappa shape index (κ1) is 13.9. The van der Waals surface area contributed by atoms with Crippen molar-refractivity contribution in [1.29, 1.82) is 0 Å². The summed E-state index contributed by atoms with van der Waals surface area (Å²) in [7, 11) is 0. The number of carbonyl (C=O) groups excluding carboxylic acids is 1. The molecule has 0 aromatic heterocycles. The zero-order chi connectivity index (χ0) is 12.7. The van der Waals surface area contributed by atoms with Crippen LogP contribution in [0.5, 0.6) is 0 Å². The van der Waals surface area contributed by atoms with Gasteiger partial charge in [0.1, 0.15) is 6.67 Å². The van der Waals surface area contributed by atoms with Gasteiger partial charge < -0.3 is 10.4 Å². The molecule has 4 nitrogen and oxygen atoms in total. The SMILES string of the molecule is O=C(NC(CF)C(=O)O)C1CCCCCCC1. The van der Waals surface area contributed by atoms with Crippen LogP contribution >= 0.6 is 0 Å². The van der Waals surface area contributed by atoms with Gasteiger partial charge in [0.15, 0.2) is 6.04 Å². The molecule has 1 unspecified atom stereocenters. The second kappa shape index (κ2) is 7.25. The van der Waals surface area contributed by atoms with Crippen LogP contribution in [0.15, 0.2) is 0 Å². The van der Waals surface area contributed by atoms with E-state index in [1.165, 1.54) is 6.42 Å². The van der Waals surface area contributed by atoms with Crippen LogP contribution in [0.1, 0.15) is 44.9 Å². The van der Waals surface area contributed by atoms with Crippen LogP contribution in [0.4, 0.5) is 4.39 Å². The Labute approximate surface area is 101 Å². The molecular weight excluding hydrogens is 225 g/mol. The van der Waals surface area contributed by atoms with E-state index in [0.717, 1.165) is 38.5 Å². The van der Waals surface area contributed by atoms with Gasteiger partial charge in [-0.25, -0.2) is 9.18 Å². The quantitative estimate of drug-likeness (QED) is 0.794. The van der Waals surface area contributed by atoms with Gasteiger partial charge in [-0.15, -0.1) is 0 Å². The maximum Gasteiger partial charge on any atom is 0.328 e. The molecule has 0 aromatic rings. The molecular formula is C12H20FNO3. The van der Waals surface area contributed by atoms with E-state index in [1.54, 1.807) is 0 Å². The van der Waals surface area contributed by atoms with Crippen molar-refractivity contribution >= 4 is 11.9 Å². The number of hydrogen-bond acceptors (Lipinski definition) is 2. The molecule has 0 heterocycles. The number of carboxylic acids is 1. The molecule has 2 N–H and O–H groups in total. The normalized spacial score (nSPS) is 20.1. The number of hydrogen-bond donors (Lipinski definition) is 2. The maximum atomic E-state index is 12.4. The summed E-state index contributed by atoms with van der Waals surface area (Å²) in [5.74, 6) is -1.77. The predicted octanol–water partition coefficient (Wildman–Crippen LogP) is 1.89. The Kier molecular flexibility index (Phi) is 5.94. The fourth-order valence-electron chi connectivity index (χ4n) is 2.17. The molecule has 1 saturated carbocycles. The molecule has 1 aliphatic carbocycles. The third-order valence-electron chi connectivity index (χ3n) is 3.24. The molecule has 0 bridgehead atoms. The van der Waals surface area contributed by atoms with E-state index in [2.05, 4.69) is 5.32 Å². The molecule has 98 valence electrons. The van der Waals surface area contributed by atoms with E-state index in [9.17, 15) is 14.0 Å². The van der Waals surface area contributed by atoms with Gasteiger partial charge in [0.2, 0.25) is 5.91 Å². The largest absolute Gasteiger partial charge is 0.480 e. The zero-order valence-corrected chi connectivity index (χ0v) is 9.95. The van der Waals surface area contributed by atoms with Gasteiger partial charge in [-0.2, -0.15) is 0 Å². The topological polar surface area (TPSA) is 66.4 Å². The molecule has 17 heavy (non-hydrogen) atoms. The summed E-state index contributed by atoms with van der Waals surface area (Å²) in [5, 5.41) is 10.9. The van der Waals surface area contributed by atoms with Crippen LogP contribution in [0.25, 0.3) is 0 Å². The highest BCUT2D eigenvalue weighted by molar-refractivity contribution is 5.85. The van der Waals surface area contributed by atoms with Crippen molar-refractivity contribution in [3.05, 3.63) is 0 Å². The smallest absolute Gasteiger partial charge is 0.328 e. The Morgan fingerprint density at radius 1 is 1.18 bits per heavy atom. The van der Waals surface area contributed by atoms with Gasteiger partial charge in [-0.3, -0.25) is 4.79 Å². The summed E-state index contributed by atoms with van der Waals surface area (Å²) in [6, 6.07) is -1.40. The Morgan fingerprint density at radius 2 is 1.71 bits per heavy atom. The highest BCUT2D eigenvalue weighted by Crippen LogP contribution is 2.22. The van der Waals surface area contributed by atoms with E-state index in [0.29, 0.717) is 0 Å². The fourth-order valence-corrected chi connectivity index (χ4v) is 2.17. The first-order valence-corrected chi connectivity index (χ1v) is 6.24. The molecule has 0 radical (unpaired) electrons. The minimum Gasteiger partial charge on any atom is -0.480 e. The molecule has 0 saturated heterocycles. The lowest BCUT2D eigenvalue weighted by Crippen LogP contribution is -2.45. The summed E-state index contributed by atoms with van der Waals surface area (Å²) in [6.07, 6.45) is 6.99. The second-order valence-corrected chi connectivity index (χ2v) is 4.60. The Bertz CT molecular complexity index is 262. The van der Waals surface area contributed by atoms with Gasteiger partial charge in [-0.1, -0.05) is 32.1 Å². The Hall–Kier alpha value is -1.13. The summed E-state index contributed by atoms with van der Waals surface area (Å²) in [4.78, 5) is 22.4. The van der Waals surface area contributed by atoms with E-state index < -0.39 is 18.7 Å². The van der Waals surface area contributed by atoms with Gasteiger partial charge in [0, 0.05) is 5.92 Å². The van der Waals surface area contributed by atoms with Crippen LogP contribution in [0, 0.1) is 5.92 Å². The lowest BCUT2D eigenvalue weighted by Gasteiger charge is -2.20. The van der Waals surface area contributed by atoms with Crippen LogP contribution in [0.3, 0.4) is 0 Å². The zero-order valence-electron chi connectivity index (χ0n) is 9.95. The van der Waals surface area contributed by atoms with Gasteiger partial charge in [0.05, 0.1) is 0 Å². The third kappa shape index (κ3) is 4.71. The molecule has 1 aliphatic rings. The van der Waals surface area contributed by atoms with E-state index in [4.69, 9.17) is 5.11 Å². The van der Waals surface area contributed by atoms with Crippen molar-refractivity contribution in [1.82, 2.24) is 5.32 Å². The van der Waals surface area contributed by atoms with Crippen LogP contribution in [0.2, 0.25) is 0 Å². The number of halogens is 1. The van der Waals surface area contributed by atoms with Crippen LogP contribution in [-0.2, 0) is 9.59 Å². The second-order valence-electron chi connectivity index (χ2n) is 4.60. The van der Waals surface area contributed by atoms with Crippen molar-refractivity contribution in [3.8, 4) is 0 Å². The number of amides is 1. The summed E-state index contributed by atoms with van der Waals surface area (Å²) >= 11 is 0. The van der Waals surface area contributed by atoms with Gasteiger partial charge in [0.25, 0.3) is 0 Å². The number of aliphatic carboxylic acids is 1. The van der Waals surface area contributed by atoms with Crippen LogP contribution in [-0.4, -0.2) is 29.7 Å². The monoisotopic (exact) mass is 245 g/mol. The molecule has 5 heteroatoms. The minimum absolute atomic E-state index is 0.149. The van der Waals surface area contributed by atoms with Crippen molar-refractivity contribution in [2.75, 3.05) is 6.67 Å². The number of rotatable bonds is 4. The number of carboxylic acid groups (broad SMARTS) is 1. The first-order chi connectivity index (χ1) is 8.15. The summed E-state index contributed by atoms with van der Waals surface area (Å²) < 4.78 is 12.4. The fraction of sp³-hybridized carbons (Fsp3) is 0.833. The van der Waals surface area contributed by atoms with Crippen LogP contribution < -0.4 is 5.32 Å². The molecule has 1 rings (SSSR count). The summed E-state index contributed by atoms with van der Waals surface area (Å²) in [6.45, 7) is -1.06. The maximum absolute atomic E-state index is 12.4. The lowest BCUT2D eigenvalue weighted by atomic mass is 9.90. The van der Waals surface area contributed by atoms with Crippen molar-refractivity contribution in [3.63, 3.8) is 0 Å². The molecule has 0 aromatic carbocycles. The van der Waals surface area contributed by atoms with Crippen molar-refractivity contribution in [2.45, 2.75) is 51.0 Å². The average Bonchev–Trinajstić information content (AvgIpc) is 2.24. The van der Waals surface area contributed by atoms with Crippen molar-refractivity contribution in [2.24, 2.45) is 5.92 Å².